The van der Waals surface area contributed by atoms with Gasteiger partial charge in [-0.1, -0.05) is 36.0 Å². The predicted octanol–water partition coefficient (Wildman–Crippen LogP) is 2.80. The average molecular weight is 246 g/mol. The highest BCUT2D eigenvalue weighted by molar-refractivity contribution is 8.13. The summed E-state index contributed by atoms with van der Waals surface area (Å²) in [4.78, 5) is 4.72. The van der Waals surface area contributed by atoms with Crippen molar-refractivity contribution in [2.75, 3.05) is 12.3 Å². The second-order valence-electron chi connectivity index (χ2n) is 4.93. The topological polar surface area (TPSA) is 24.4 Å². The Morgan fingerprint density at radius 3 is 3.12 bits per heavy atom. The molecule has 2 atom stereocenters. The Balaban J connectivity index is 1.61. The van der Waals surface area contributed by atoms with Crippen LogP contribution in [0.2, 0.25) is 0 Å². The molecule has 2 aliphatic rings. The molecule has 1 aliphatic carbocycles. The third-order valence-corrected chi connectivity index (χ3v) is 4.54. The van der Waals surface area contributed by atoms with Gasteiger partial charge >= 0.3 is 0 Å². The first-order chi connectivity index (χ1) is 8.33. The van der Waals surface area contributed by atoms with E-state index in [9.17, 15) is 0 Å². The molecule has 0 saturated carbocycles. The van der Waals surface area contributed by atoms with Gasteiger partial charge in [-0.2, -0.15) is 0 Å². The minimum absolute atomic E-state index is 0.587. The molecule has 0 radical (unpaired) electrons. The fourth-order valence-electron chi connectivity index (χ4n) is 2.47. The molecular weight excluding hydrogens is 228 g/mol. The van der Waals surface area contributed by atoms with Gasteiger partial charge in [0, 0.05) is 24.3 Å². The van der Waals surface area contributed by atoms with Gasteiger partial charge in [-0.25, -0.2) is 0 Å². The van der Waals surface area contributed by atoms with E-state index in [1.807, 2.05) is 11.8 Å². The van der Waals surface area contributed by atoms with E-state index >= 15 is 0 Å². The fraction of sp³-hybridized carbons (Fsp3) is 0.500. The predicted molar refractivity (Wildman–Crippen MR) is 74.9 cm³/mol. The first kappa shape index (κ1) is 11.1. The Bertz CT molecular complexity index is 442. The summed E-state index contributed by atoms with van der Waals surface area (Å²) in [6.07, 6.45) is 2.45. The number of thioether (sulfide) groups is 1. The smallest absolute Gasteiger partial charge is 0.156 e. The van der Waals surface area contributed by atoms with Gasteiger partial charge in [0.25, 0.3) is 0 Å². The second kappa shape index (κ2) is 4.73. The van der Waals surface area contributed by atoms with Gasteiger partial charge < -0.3 is 5.32 Å². The van der Waals surface area contributed by atoms with Crippen LogP contribution in [0.1, 0.15) is 30.4 Å². The SMILES string of the molecule is CC1CCSC(=NCC2Cc3ccccc32)N1. The van der Waals surface area contributed by atoms with Crippen molar-refractivity contribution < 1.29 is 0 Å². The molecule has 17 heavy (non-hydrogen) atoms. The molecular formula is C14H18N2S. The van der Waals surface area contributed by atoms with Gasteiger partial charge in [0.05, 0.1) is 0 Å². The van der Waals surface area contributed by atoms with E-state index in [0.29, 0.717) is 12.0 Å². The zero-order chi connectivity index (χ0) is 11.7. The Kier molecular flexibility index (Phi) is 3.10. The van der Waals surface area contributed by atoms with Gasteiger partial charge in [-0.05, 0) is 30.9 Å². The molecule has 0 aromatic heterocycles. The van der Waals surface area contributed by atoms with Crippen molar-refractivity contribution in [3.8, 4) is 0 Å². The number of nitrogens with zero attached hydrogens (tertiary/aromatic N) is 1. The van der Waals surface area contributed by atoms with Crippen LogP contribution in [0.15, 0.2) is 29.3 Å². The van der Waals surface area contributed by atoms with Gasteiger partial charge in [0.15, 0.2) is 5.17 Å². The summed E-state index contributed by atoms with van der Waals surface area (Å²) in [6, 6.07) is 9.32. The van der Waals surface area contributed by atoms with Crippen LogP contribution in [0.5, 0.6) is 0 Å². The first-order valence-electron chi connectivity index (χ1n) is 6.34. The summed E-state index contributed by atoms with van der Waals surface area (Å²) in [5.41, 5.74) is 3.01. The summed E-state index contributed by atoms with van der Waals surface area (Å²) in [7, 11) is 0. The lowest BCUT2D eigenvalue weighted by molar-refractivity contribution is 0.609. The summed E-state index contributed by atoms with van der Waals surface area (Å²) in [5.74, 6) is 1.85. The summed E-state index contributed by atoms with van der Waals surface area (Å²) in [5, 5.41) is 4.60. The molecule has 2 nitrogen and oxygen atoms in total. The quantitative estimate of drug-likeness (QED) is 0.867. The van der Waals surface area contributed by atoms with Gasteiger partial charge in [-0.3, -0.25) is 4.99 Å². The van der Waals surface area contributed by atoms with Gasteiger partial charge in [0.1, 0.15) is 0 Å². The number of hydrogen-bond acceptors (Lipinski definition) is 2. The van der Waals surface area contributed by atoms with Crippen molar-refractivity contribution in [3.05, 3.63) is 35.4 Å². The fourth-order valence-corrected chi connectivity index (χ4v) is 3.58. The molecule has 1 aliphatic heterocycles. The lowest BCUT2D eigenvalue weighted by atomic mass is 9.78. The second-order valence-corrected chi connectivity index (χ2v) is 6.01. The summed E-state index contributed by atoms with van der Waals surface area (Å²) >= 11 is 1.86. The van der Waals surface area contributed by atoms with Crippen LogP contribution in [-0.4, -0.2) is 23.5 Å². The van der Waals surface area contributed by atoms with E-state index in [2.05, 4.69) is 36.5 Å². The number of fused-ring (bicyclic) bond motifs is 1. The van der Waals surface area contributed by atoms with Crippen molar-refractivity contribution in [1.29, 1.82) is 0 Å². The minimum Gasteiger partial charge on any atom is -0.362 e. The average Bonchev–Trinajstić information content (AvgIpc) is 2.30. The maximum absolute atomic E-state index is 4.72. The molecule has 90 valence electrons. The molecule has 0 amide bonds. The third kappa shape index (κ3) is 2.34. The van der Waals surface area contributed by atoms with Crippen molar-refractivity contribution in [2.45, 2.75) is 31.7 Å². The van der Waals surface area contributed by atoms with Crippen LogP contribution in [0.3, 0.4) is 0 Å². The highest BCUT2D eigenvalue weighted by Crippen LogP contribution is 2.35. The maximum atomic E-state index is 4.72. The number of aliphatic imine (C=N–C) groups is 1. The molecule has 3 rings (SSSR count). The van der Waals surface area contributed by atoms with Crippen molar-refractivity contribution in [2.24, 2.45) is 4.99 Å². The molecule has 0 spiro atoms. The van der Waals surface area contributed by atoms with Crippen LogP contribution in [0.25, 0.3) is 0 Å². The number of benzene rings is 1. The standard InChI is InChI=1S/C14H18N2S/c1-10-6-7-17-14(16-10)15-9-12-8-11-4-2-3-5-13(11)12/h2-5,10,12H,6-9H2,1H3,(H,15,16). The van der Waals surface area contributed by atoms with Crippen LogP contribution in [0.4, 0.5) is 0 Å². The van der Waals surface area contributed by atoms with E-state index in [4.69, 9.17) is 4.99 Å². The number of rotatable bonds is 2. The highest BCUT2D eigenvalue weighted by Gasteiger charge is 2.25. The van der Waals surface area contributed by atoms with E-state index in [-0.39, 0.29) is 0 Å². The molecule has 1 N–H and O–H groups in total. The molecule has 2 unspecified atom stereocenters. The van der Waals surface area contributed by atoms with E-state index < -0.39 is 0 Å². The van der Waals surface area contributed by atoms with E-state index in [1.165, 1.54) is 29.7 Å². The van der Waals surface area contributed by atoms with Crippen LogP contribution in [-0.2, 0) is 6.42 Å². The monoisotopic (exact) mass is 246 g/mol. The maximum Gasteiger partial charge on any atom is 0.156 e. The first-order valence-corrected chi connectivity index (χ1v) is 7.33. The van der Waals surface area contributed by atoms with Crippen molar-refractivity contribution in [3.63, 3.8) is 0 Å². The highest BCUT2D eigenvalue weighted by atomic mass is 32.2. The molecule has 1 fully saturated rings. The van der Waals surface area contributed by atoms with Gasteiger partial charge in [-0.15, -0.1) is 0 Å². The Labute approximate surface area is 107 Å². The molecule has 1 heterocycles. The van der Waals surface area contributed by atoms with Crippen molar-refractivity contribution in [1.82, 2.24) is 5.32 Å². The zero-order valence-corrected chi connectivity index (χ0v) is 11.0. The zero-order valence-electron chi connectivity index (χ0n) is 10.1. The molecule has 3 heteroatoms. The van der Waals surface area contributed by atoms with E-state index in [0.717, 1.165) is 11.7 Å². The van der Waals surface area contributed by atoms with Crippen LogP contribution in [0, 0.1) is 0 Å². The Morgan fingerprint density at radius 1 is 1.41 bits per heavy atom. The molecule has 0 bridgehead atoms. The molecule has 1 saturated heterocycles. The number of amidine groups is 1. The molecule has 1 aromatic carbocycles. The van der Waals surface area contributed by atoms with Crippen molar-refractivity contribution >= 4 is 16.9 Å². The molecule has 1 aromatic rings. The normalized spacial score (nSPS) is 29.4. The third-order valence-electron chi connectivity index (χ3n) is 3.58. The minimum atomic E-state index is 0.587. The van der Waals surface area contributed by atoms with Crippen LogP contribution >= 0.6 is 11.8 Å². The number of hydrogen-bond donors (Lipinski definition) is 1. The lowest BCUT2D eigenvalue weighted by Gasteiger charge is -2.29. The van der Waals surface area contributed by atoms with Gasteiger partial charge in [0.2, 0.25) is 0 Å². The van der Waals surface area contributed by atoms with Crippen LogP contribution < -0.4 is 5.32 Å². The Morgan fingerprint density at radius 2 is 2.29 bits per heavy atom. The largest absolute Gasteiger partial charge is 0.362 e. The summed E-state index contributed by atoms with van der Waals surface area (Å²) < 4.78 is 0. The summed E-state index contributed by atoms with van der Waals surface area (Å²) in [6.45, 7) is 3.17. The van der Waals surface area contributed by atoms with E-state index in [1.54, 1.807) is 0 Å². The Hall–Kier alpha value is -0.960. The number of nitrogens with one attached hydrogen (secondary N) is 1. The lowest BCUT2D eigenvalue weighted by Crippen LogP contribution is -2.36.